The normalized spacial score (nSPS) is 12.3. The number of sulfonamides is 1. The molecule has 0 aliphatic carbocycles. The standard InChI is InChI=1S/C18H24BrN5O2S/c1-3-6-15-23-16-17(24(15)10-5-4-9-21-27(2,25)26)13-8-7-12(19)11-14(13)22-18(16)20/h7-8,11,21H,3-6,9-10H2,1-2H3,(H2,20,22). The number of benzene rings is 1. The molecular weight excluding hydrogens is 430 g/mol. The number of unbranched alkanes of at least 4 members (excludes halogenated alkanes) is 1. The summed E-state index contributed by atoms with van der Waals surface area (Å²) < 4.78 is 28.1. The van der Waals surface area contributed by atoms with Gasteiger partial charge in [0.2, 0.25) is 10.0 Å². The van der Waals surface area contributed by atoms with Crippen LogP contribution in [0.5, 0.6) is 0 Å². The first kappa shape index (κ1) is 20.0. The van der Waals surface area contributed by atoms with Crippen LogP contribution in [0.3, 0.4) is 0 Å². The second-order valence-electron chi connectivity index (χ2n) is 6.66. The van der Waals surface area contributed by atoms with Gasteiger partial charge in [0.25, 0.3) is 0 Å². The molecule has 0 atom stereocenters. The number of aromatic nitrogens is 3. The molecule has 0 bridgehead atoms. The van der Waals surface area contributed by atoms with Crippen molar-refractivity contribution in [1.29, 1.82) is 0 Å². The van der Waals surface area contributed by atoms with Crippen LogP contribution in [0.15, 0.2) is 22.7 Å². The number of fused-ring (bicyclic) bond motifs is 3. The minimum absolute atomic E-state index is 0.436. The minimum atomic E-state index is -3.15. The topological polar surface area (TPSA) is 103 Å². The van der Waals surface area contributed by atoms with Gasteiger partial charge in [0, 0.05) is 29.4 Å². The van der Waals surface area contributed by atoms with E-state index in [9.17, 15) is 8.42 Å². The zero-order chi connectivity index (χ0) is 19.6. The summed E-state index contributed by atoms with van der Waals surface area (Å²) in [4.78, 5) is 9.28. The number of rotatable bonds is 8. The minimum Gasteiger partial charge on any atom is -0.382 e. The van der Waals surface area contributed by atoms with E-state index in [4.69, 9.17) is 10.7 Å². The maximum atomic E-state index is 11.2. The molecule has 0 radical (unpaired) electrons. The molecule has 0 aliphatic heterocycles. The molecule has 3 aromatic rings. The highest BCUT2D eigenvalue weighted by Gasteiger charge is 2.17. The van der Waals surface area contributed by atoms with Crippen LogP contribution in [-0.4, -0.2) is 35.8 Å². The molecule has 2 aromatic heterocycles. The lowest BCUT2D eigenvalue weighted by atomic mass is 10.2. The highest BCUT2D eigenvalue weighted by Crippen LogP contribution is 2.31. The van der Waals surface area contributed by atoms with Crippen molar-refractivity contribution < 1.29 is 8.42 Å². The van der Waals surface area contributed by atoms with Gasteiger partial charge in [-0.3, -0.25) is 0 Å². The summed E-state index contributed by atoms with van der Waals surface area (Å²) in [6.07, 6.45) is 4.60. The third-order valence-electron chi connectivity index (χ3n) is 4.39. The van der Waals surface area contributed by atoms with Gasteiger partial charge >= 0.3 is 0 Å². The molecule has 146 valence electrons. The first-order valence-corrected chi connectivity index (χ1v) is 11.7. The maximum absolute atomic E-state index is 11.2. The Bertz CT molecular complexity index is 1080. The van der Waals surface area contributed by atoms with Gasteiger partial charge in [-0.25, -0.2) is 23.1 Å². The van der Waals surface area contributed by atoms with E-state index in [1.165, 1.54) is 6.26 Å². The smallest absolute Gasteiger partial charge is 0.208 e. The lowest BCUT2D eigenvalue weighted by molar-refractivity contribution is 0.567. The number of imidazole rings is 1. The summed E-state index contributed by atoms with van der Waals surface area (Å²) in [5.74, 6) is 1.43. The molecule has 0 spiro atoms. The molecule has 3 rings (SSSR count). The molecule has 7 nitrogen and oxygen atoms in total. The van der Waals surface area contributed by atoms with Crippen molar-refractivity contribution in [1.82, 2.24) is 19.3 Å². The van der Waals surface area contributed by atoms with Crippen LogP contribution in [0.2, 0.25) is 0 Å². The molecule has 9 heteroatoms. The second kappa shape index (κ2) is 8.12. The van der Waals surface area contributed by atoms with E-state index in [2.05, 4.69) is 37.1 Å². The highest BCUT2D eigenvalue weighted by atomic mass is 79.9. The Morgan fingerprint density at radius 2 is 2.04 bits per heavy atom. The zero-order valence-corrected chi connectivity index (χ0v) is 17.9. The predicted octanol–water partition coefficient (Wildman–Crippen LogP) is 3.21. The average Bonchev–Trinajstić information content (AvgIpc) is 2.93. The van der Waals surface area contributed by atoms with E-state index in [-0.39, 0.29) is 0 Å². The number of nitrogens with two attached hydrogens (primary N) is 1. The number of hydrogen-bond acceptors (Lipinski definition) is 5. The van der Waals surface area contributed by atoms with Gasteiger partial charge in [-0.15, -0.1) is 0 Å². The summed E-state index contributed by atoms with van der Waals surface area (Å²) in [6, 6.07) is 5.98. The summed E-state index contributed by atoms with van der Waals surface area (Å²) in [5.41, 5.74) is 8.77. The summed E-state index contributed by atoms with van der Waals surface area (Å²) in [6.45, 7) is 3.31. The summed E-state index contributed by atoms with van der Waals surface area (Å²) >= 11 is 3.49. The van der Waals surface area contributed by atoms with Crippen LogP contribution < -0.4 is 10.5 Å². The molecule has 0 unspecified atom stereocenters. The Balaban J connectivity index is 1.98. The van der Waals surface area contributed by atoms with Crippen LogP contribution in [0.25, 0.3) is 21.9 Å². The molecule has 0 saturated heterocycles. The van der Waals surface area contributed by atoms with Gasteiger partial charge in [0.15, 0.2) is 5.82 Å². The molecule has 0 aliphatic rings. The van der Waals surface area contributed by atoms with Crippen LogP contribution in [0.4, 0.5) is 5.82 Å². The van der Waals surface area contributed by atoms with E-state index in [0.717, 1.165) is 64.5 Å². The van der Waals surface area contributed by atoms with Gasteiger partial charge in [-0.05, 0) is 37.5 Å². The molecule has 1 aromatic carbocycles. The molecular formula is C18H24BrN5O2S. The fourth-order valence-electron chi connectivity index (χ4n) is 3.24. The van der Waals surface area contributed by atoms with Crippen LogP contribution in [-0.2, 0) is 23.0 Å². The third kappa shape index (κ3) is 4.59. The van der Waals surface area contributed by atoms with Crippen molar-refractivity contribution in [3.8, 4) is 0 Å². The lowest BCUT2D eigenvalue weighted by Gasteiger charge is -2.11. The van der Waals surface area contributed by atoms with Gasteiger partial charge in [-0.2, -0.15) is 0 Å². The largest absolute Gasteiger partial charge is 0.382 e. The Kier molecular flexibility index (Phi) is 6.02. The Morgan fingerprint density at radius 3 is 2.74 bits per heavy atom. The molecule has 0 saturated carbocycles. The van der Waals surface area contributed by atoms with Crippen LogP contribution >= 0.6 is 15.9 Å². The van der Waals surface area contributed by atoms with E-state index < -0.39 is 10.0 Å². The summed E-state index contributed by atoms with van der Waals surface area (Å²) in [5, 5.41) is 1.02. The Hall–Kier alpha value is -1.71. The lowest BCUT2D eigenvalue weighted by Crippen LogP contribution is -2.23. The van der Waals surface area contributed by atoms with E-state index in [1.54, 1.807) is 0 Å². The SMILES string of the molecule is CCCc1nc2c(N)nc3cc(Br)ccc3c2n1CCCCNS(C)(=O)=O. The molecule has 3 N–H and O–H groups in total. The zero-order valence-electron chi connectivity index (χ0n) is 15.5. The number of nitrogen functional groups attached to an aromatic ring is 1. The van der Waals surface area contributed by atoms with Gasteiger partial charge < -0.3 is 10.3 Å². The van der Waals surface area contributed by atoms with Crippen molar-refractivity contribution in [3.63, 3.8) is 0 Å². The van der Waals surface area contributed by atoms with Crippen molar-refractivity contribution in [2.45, 2.75) is 39.2 Å². The van der Waals surface area contributed by atoms with E-state index in [1.807, 2.05) is 18.2 Å². The fourth-order valence-corrected chi connectivity index (χ4v) is 4.10. The first-order chi connectivity index (χ1) is 12.8. The third-order valence-corrected chi connectivity index (χ3v) is 5.61. The van der Waals surface area contributed by atoms with Crippen LogP contribution in [0.1, 0.15) is 32.0 Å². The predicted molar refractivity (Wildman–Crippen MR) is 113 cm³/mol. The first-order valence-electron chi connectivity index (χ1n) is 8.98. The second-order valence-corrected chi connectivity index (χ2v) is 9.41. The van der Waals surface area contributed by atoms with E-state index >= 15 is 0 Å². The van der Waals surface area contributed by atoms with Gasteiger partial charge in [-0.1, -0.05) is 22.9 Å². The van der Waals surface area contributed by atoms with E-state index in [0.29, 0.717) is 12.4 Å². The van der Waals surface area contributed by atoms with Crippen molar-refractivity contribution in [2.24, 2.45) is 0 Å². The molecule has 27 heavy (non-hydrogen) atoms. The van der Waals surface area contributed by atoms with Crippen molar-refractivity contribution >= 4 is 53.7 Å². The van der Waals surface area contributed by atoms with Crippen molar-refractivity contribution in [3.05, 3.63) is 28.5 Å². The van der Waals surface area contributed by atoms with Gasteiger partial charge in [0.1, 0.15) is 11.3 Å². The molecule has 0 fully saturated rings. The van der Waals surface area contributed by atoms with Crippen LogP contribution in [0, 0.1) is 0 Å². The number of hydrogen-bond donors (Lipinski definition) is 2. The number of anilines is 1. The number of nitrogens with zero attached hydrogens (tertiary/aromatic N) is 3. The summed E-state index contributed by atoms with van der Waals surface area (Å²) in [7, 11) is -3.15. The monoisotopic (exact) mass is 453 g/mol. The Labute approximate surface area is 167 Å². The average molecular weight is 454 g/mol. The number of nitrogens with one attached hydrogen (secondary N) is 1. The highest BCUT2D eigenvalue weighted by molar-refractivity contribution is 9.10. The number of pyridine rings is 1. The number of halogens is 1. The molecule has 2 heterocycles. The molecule has 0 amide bonds. The van der Waals surface area contributed by atoms with Gasteiger partial charge in [0.05, 0.1) is 17.3 Å². The van der Waals surface area contributed by atoms with Crippen molar-refractivity contribution in [2.75, 3.05) is 18.5 Å². The quantitative estimate of drug-likeness (QED) is 0.509. The Morgan fingerprint density at radius 1 is 1.26 bits per heavy atom. The maximum Gasteiger partial charge on any atom is 0.208 e. The number of aryl methyl sites for hydroxylation is 2. The fraction of sp³-hybridized carbons (Fsp3) is 0.444.